The number of aromatic nitrogens is 2. The fourth-order valence-electron chi connectivity index (χ4n) is 2.49. The fraction of sp³-hybridized carbons (Fsp3) is 0.267. The van der Waals surface area contributed by atoms with Gasteiger partial charge in [-0.15, -0.1) is 0 Å². The van der Waals surface area contributed by atoms with E-state index in [2.05, 4.69) is 10.4 Å². The summed E-state index contributed by atoms with van der Waals surface area (Å²) in [6.45, 7) is 0.561. The van der Waals surface area contributed by atoms with Crippen molar-refractivity contribution in [2.45, 2.75) is 12.5 Å². The van der Waals surface area contributed by atoms with Crippen molar-refractivity contribution in [2.75, 3.05) is 11.4 Å². The monoisotopic (exact) mass is 318 g/mol. The van der Waals surface area contributed by atoms with Crippen molar-refractivity contribution in [2.24, 2.45) is 7.05 Å². The summed E-state index contributed by atoms with van der Waals surface area (Å²) < 4.78 is 1.64. The van der Waals surface area contributed by atoms with E-state index in [4.69, 9.17) is 11.6 Å². The summed E-state index contributed by atoms with van der Waals surface area (Å²) in [5.74, 6) is -0.419. The molecule has 0 spiro atoms. The van der Waals surface area contributed by atoms with Gasteiger partial charge >= 0.3 is 0 Å². The van der Waals surface area contributed by atoms with E-state index in [9.17, 15) is 9.59 Å². The highest BCUT2D eigenvalue weighted by Crippen LogP contribution is 2.21. The van der Waals surface area contributed by atoms with Crippen molar-refractivity contribution in [3.8, 4) is 0 Å². The molecule has 2 aromatic rings. The van der Waals surface area contributed by atoms with Crippen molar-refractivity contribution in [3.63, 3.8) is 0 Å². The molecule has 1 aromatic heterocycles. The molecule has 6 nitrogen and oxygen atoms in total. The molecule has 0 radical (unpaired) electrons. The Morgan fingerprint density at radius 2 is 2.27 bits per heavy atom. The average Bonchev–Trinajstić information content (AvgIpc) is 3.06. The molecule has 1 saturated heterocycles. The van der Waals surface area contributed by atoms with Gasteiger partial charge in [0, 0.05) is 30.4 Å². The minimum atomic E-state index is -0.522. The molecular formula is C15H15ClN4O2. The largest absolute Gasteiger partial charge is 0.340 e. The molecule has 1 aliphatic heterocycles. The Labute approximate surface area is 132 Å². The number of nitrogens with one attached hydrogen (secondary N) is 1. The van der Waals surface area contributed by atoms with Crippen molar-refractivity contribution in [1.82, 2.24) is 15.1 Å². The third kappa shape index (κ3) is 2.82. The van der Waals surface area contributed by atoms with Crippen LogP contribution in [0.25, 0.3) is 0 Å². The molecule has 7 heteroatoms. The quantitative estimate of drug-likeness (QED) is 0.935. The standard InChI is InChI=1S/C15H15ClN4O2/c1-19-9-12(8-17-19)20-6-5-13(15(20)22)18-14(21)10-3-2-4-11(16)7-10/h2-4,7-9,13H,5-6H2,1H3,(H,18,21)/t13-/m1/s1. The Bertz CT molecular complexity index is 728. The van der Waals surface area contributed by atoms with Crippen LogP contribution in [0.2, 0.25) is 5.02 Å². The maximum atomic E-state index is 12.4. The van der Waals surface area contributed by atoms with E-state index in [1.54, 1.807) is 53.3 Å². The highest BCUT2D eigenvalue weighted by atomic mass is 35.5. The van der Waals surface area contributed by atoms with Crippen LogP contribution in [0.1, 0.15) is 16.8 Å². The third-order valence-corrected chi connectivity index (χ3v) is 3.84. The first kappa shape index (κ1) is 14.6. The van der Waals surface area contributed by atoms with Gasteiger partial charge in [0.1, 0.15) is 6.04 Å². The fourth-order valence-corrected chi connectivity index (χ4v) is 2.68. The number of rotatable bonds is 3. The van der Waals surface area contributed by atoms with Crippen LogP contribution in [0.5, 0.6) is 0 Å². The van der Waals surface area contributed by atoms with Gasteiger partial charge in [-0.25, -0.2) is 0 Å². The molecular weight excluding hydrogens is 304 g/mol. The number of carbonyl (C=O) groups is 2. The Hall–Kier alpha value is -2.34. The summed E-state index contributed by atoms with van der Waals surface area (Å²) in [7, 11) is 1.79. The van der Waals surface area contributed by atoms with Crippen molar-refractivity contribution < 1.29 is 9.59 Å². The van der Waals surface area contributed by atoms with E-state index >= 15 is 0 Å². The summed E-state index contributed by atoms with van der Waals surface area (Å²) in [4.78, 5) is 26.2. The van der Waals surface area contributed by atoms with E-state index in [1.165, 1.54) is 0 Å². The van der Waals surface area contributed by atoms with Crippen LogP contribution in [0, 0.1) is 0 Å². The lowest BCUT2D eigenvalue weighted by Crippen LogP contribution is -2.41. The second-order valence-corrected chi connectivity index (χ2v) is 5.62. The molecule has 3 rings (SSSR count). The normalized spacial score (nSPS) is 17.8. The summed E-state index contributed by atoms with van der Waals surface area (Å²) in [6.07, 6.45) is 3.98. The van der Waals surface area contributed by atoms with E-state index in [0.717, 1.165) is 5.69 Å². The highest BCUT2D eigenvalue weighted by molar-refractivity contribution is 6.31. The Balaban J connectivity index is 1.69. The second kappa shape index (κ2) is 5.81. The molecule has 0 aliphatic carbocycles. The number of aryl methyl sites for hydroxylation is 1. The first-order valence-electron chi connectivity index (χ1n) is 6.91. The predicted octanol–water partition coefficient (Wildman–Crippen LogP) is 1.61. The van der Waals surface area contributed by atoms with Crippen LogP contribution in [0.15, 0.2) is 36.7 Å². The molecule has 2 heterocycles. The van der Waals surface area contributed by atoms with E-state index in [-0.39, 0.29) is 11.8 Å². The first-order valence-corrected chi connectivity index (χ1v) is 7.29. The molecule has 1 fully saturated rings. The van der Waals surface area contributed by atoms with Crippen LogP contribution >= 0.6 is 11.6 Å². The molecule has 1 N–H and O–H groups in total. The van der Waals surface area contributed by atoms with Gasteiger partial charge in [0.25, 0.3) is 5.91 Å². The smallest absolute Gasteiger partial charge is 0.251 e. The maximum absolute atomic E-state index is 12.4. The molecule has 0 bridgehead atoms. The van der Waals surface area contributed by atoms with Gasteiger partial charge in [0.05, 0.1) is 11.9 Å². The molecule has 0 unspecified atom stereocenters. The summed E-state index contributed by atoms with van der Waals surface area (Å²) in [5, 5.41) is 7.31. The lowest BCUT2D eigenvalue weighted by molar-refractivity contribution is -0.118. The van der Waals surface area contributed by atoms with Gasteiger partial charge in [0.15, 0.2) is 0 Å². The van der Waals surface area contributed by atoms with Gasteiger partial charge in [0.2, 0.25) is 5.91 Å². The summed E-state index contributed by atoms with van der Waals surface area (Å²) >= 11 is 5.88. The van der Waals surface area contributed by atoms with E-state index < -0.39 is 6.04 Å². The van der Waals surface area contributed by atoms with Crippen molar-refractivity contribution in [1.29, 1.82) is 0 Å². The Morgan fingerprint density at radius 1 is 1.45 bits per heavy atom. The molecule has 22 heavy (non-hydrogen) atoms. The van der Waals surface area contributed by atoms with E-state index in [0.29, 0.717) is 23.6 Å². The van der Waals surface area contributed by atoms with Crippen molar-refractivity contribution in [3.05, 3.63) is 47.2 Å². The van der Waals surface area contributed by atoms with Gasteiger partial charge in [-0.05, 0) is 24.6 Å². The number of hydrogen-bond donors (Lipinski definition) is 1. The highest BCUT2D eigenvalue weighted by Gasteiger charge is 2.34. The number of nitrogens with zero attached hydrogens (tertiary/aromatic N) is 3. The summed E-state index contributed by atoms with van der Waals surface area (Å²) in [6, 6.07) is 6.12. The zero-order valence-electron chi connectivity index (χ0n) is 12.0. The SMILES string of the molecule is Cn1cc(N2CC[C@@H](NC(=O)c3cccc(Cl)c3)C2=O)cn1. The van der Waals surface area contributed by atoms with Crippen LogP contribution < -0.4 is 10.2 Å². The summed E-state index contributed by atoms with van der Waals surface area (Å²) in [5.41, 5.74) is 1.19. The molecule has 2 amide bonds. The van der Waals surface area contributed by atoms with Gasteiger partial charge in [-0.2, -0.15) is 5.10 Å². The minimum absolute atomic E-state index is 0.122. The minimum Gasteiger partial charge on any atom is -0.340 e. The Kier molecular flexibility index (Phi) is 3.85. The number of anilines is 1. The van der Waals surface area contributed by atoms with Crippen LogP contribution in [-0.2, 0) is 11.8 Å². The van der Waals surface area contributed by atoms with Crippen molar-refractivity contribution >= 4 is 29.1 Å². The topological polar surface area (TPSA) is 67.2 Å². The molecule has 1 aliphatic rings. The maximum Gasteiger partial charge on any atom is 0.251 e. The van der Waals surface area contributed by atoms with Crippen LogP contribution in [0.3, 0.4) is 0 Å². The first-order chi connectivity index (χ1) is 10.5. The van der Waals surface area contributed by atoms with E-state index in [1.807, 2.05) is 0 Å². The lowest BCUT2D eigenvalue weighted by atomic mass is 10.2. The average molecular weight is 319 g/mol. The molecule has 0 saturated carbocycles. The number of amides is 2. The lowest BCUT2D eigenvalue weighted by Gasteiger charge is -2.15. The zero-order chi connectivity index (χ0) is 15.7. The number of hydrogen-bond acceptors (Lipinski definition) is 3. The predicted molar refractivity (Wildman–Crippen MR) is 82.9 cm³/mol. The number of benzene rings is 1. The number of halogens is 1. The molecule has 1 atom stereocenters. The molecule has 1 aromatic carbocycles. The van der Waals surface area contributed by atoms with Crippen LogP contribution in [-0.4, -0.2) is 34.2 Å². The zero-order valence-corrected chi connectivity index (χ0v) is 12.7. The van der Waals surface area contributed by atoms with Gasteiger partial charge in [-0.1, -0.05) is 17.7 Å². The van der Waals surface area contributed by atoms with Gasteiger partial charge < -0.3 is 10.2 Å². The molecule has 114 valence electrons. The number of carbonyl (C=O) groups excluding carboxylic acids is 2. The van der Waals surface area contributed by atoms with Crippen LogP contribution in [0.4, 0.5) is 5.69 Å². The Morgan fingerprint density at radius 3 is 2.95 bits per heavy atom. The second-order valence-electron chi connectivity index (χ2n) is 5.19. The third-order valence-electron chi connectivity index (χ3n) is 3.60. The van der Waals surface area contributed by atoms with Gasteiger partial charge in [-0.3, -0.25) is 14.3 Å².